The zero-order valence-corrected chi connectivity index (χ0v) is 8.79. The molecular formula is C13H17N. The minimum Gasteiger partial charge on any atom is -0.264 e. The fourth-order valence-corrected chi connectivity index (χ4v) is 1.32. The van der Waals surface area contributed by atoms with Crippen molar-refractivity contribution < 1.29 is 0 Å². The number of hydrogen-bond acceptors (Lipinski definition) is 1. The maximum Gasteiger partial charge on any atom is 0.0342 e. The van der Waals surface area contributed by atoms with Crippen molar-refractivity contribution in [2.75, 3.05) is 0 Å². The molecule has 1 rings (SSSR count). The van der Waals surface area contributed by atoms with Crippen molar-refractivity contribution in [3.05, 3.63) is 48.8 Å². The second kappa shape index (κ2) is 5.38. The van der Waals surface area contributed by atoms with Crippen LogP contribution >= 0.6 is 0 Å². The van der Waals surface area contributed by atoms with Gasteiger partial charge >= 0.3 is 0 Å². The van der Waals surface area contributed by atoms with Gasteiger partial charge in [0.2, 0.25) is 0 Å². The normalized spacial score (nSPS) is 9.79. The Labute approximate surface area is 86.2 Å². The maximum absolute atomic E-state index is 4.07. The number of aromatic nitrogens is 1. The predicted octanol–water partition coefficient (Wildman–Crippen LogP) is 3.84. The van der Waals surface area contributed by atoms with E-state index in [9.17, 15) is 0 Å². The number of nitrogens with zero attached hydrogens (tertiary/aromatic N) is 1. The summed E-state index contributed by atoms with van der Waals surface area (Å²) in [5.74, 6) is 0. The Hall–Kier alpha value is -1.37. The number of rotatable bonds is 5. The van der Waals surface area contributed by atoms with Crippen LogP contribution in [0.2, 0.25) is 0 Å². The Morgan fingerprint density at radius 3 is 2.71 bits per heavy atom. The van der Waals surface area contributed by atoms with Gasteiger partial charge in [-0.05, 0) is 43.4 Å². The van der Waals surface area contributed by atoms with Crippen LogP contribution in [0.1, 0.15) is 31.7 Å². The third-order valence-corrected chi connectivity index (χ3v) is 2.15. The Bertz CT molecular complexity index is 311. The lowest BCUT2D eigenvalue weighted by atomic mass is 10.0. The fraction of sp³-hybridized carbons (Fsp3) is 0.308. The summed E-state index contributed by atoms with van der Waals surface area (Å²) in [6, 6.07) is 4.00. The van der Waals surface area contributed by atoms with Crippen molar-refractivity contribution in [1.82, 2.24) is 4.98 Å². The molecule has 0 aromatic carbocycles. The summed E-state index contributed by atoms with van der Waals surface area (Å²) in [6.07, 6.45) is 6.88. The zero-order chi connectivity index (χ0) is 10.4. The van der Waals surface area contributed by atoms with Crippen LogP contribution in [0, 0.1) is 0 Å². The topological polar surface area (TPSA) is 12.9 Å². The molecule has 0 amide bonds. The summed E-state index contributed by atoms with van der Waals surface area (Å²) in [4.78, 5) is 4.07. The van der Waals surface area contributed by atoms with Gasteiger partial charge in [0.05, 0.1) is 0 Å². The molecule has 0 aliphatic rings. The van der Waals surface area contributed by atoms with Gasteiger partial charge in [0.15, 0.2) is 0 Å². The Balaban J connectivity index is 2.40. The summed E-state index contributed by atoms with van der Waals surface area (Å²) in [6.45, 7) is 10.00. The van der Waals surface area contributed by atoms with E-state index in [1.54, 1.807) is 6.20 Å². The van der Waals surface area contributed by atoms with E-state index in [0.717, 1.165) is 24.8 Å². The molecule has 0 saturated heterocycles. The standard InChI is InChI=1S/C13H17N/c1-11(2)6-4-7-12(3)13-8-5-9-14-10-13/h5,8-10H,1,3-4,6-7H2,2H3. The Morgan fingerprint density at radius 1 is 1.36 bits per heavy atom. The number of allylic oxidation sites excluding steroid dienone is 2. The van der Waals surface area contributed by atoms with Crippen molar-refractivity contribution in [3.8, 4) is 0 Å². The molecule has 1 aromatic heterocycles. The molecular weight excluding hydrogens is 170 g/mol. The first-order valence-electron chi connectivity index (χ1n) is 4.92. The lowest BCUT2D eigenvalue weighted by molar-refractivity contribution is 0.845. The Kier molecular flexibility index (Phi) is 4.11. The van der Waals surface area contributed by atoms with Crippen molar-refractivity contribution in [2.45, 2.75) is 26.2 Å². The molecule has 0 saturated carbocycles. The fourth-order valence-electron chi connectivity index (χ4n) is 1.32. The highest BCUT2D eigenvalue weighted by atomic mass is 14.6. The van der Waals surface area contributed by atoms with Gasteiger partial charge in [0.25, 0.3) is 0 Å². The van der Waals surface area contributed by atoms with E-state index in [2.05, 4.69) is 31.1 Å². The van der Waals surface area contributed by atoms with Gasteiger partial charge < -0.3 is 0 Å². The maximum atomic E-state index is 4.07. The highest BCUT2D eigenvalue weighted by Crippen LogP contribution is 2.18. The van der Waals surface area contributed by atoms with Crippen LogP contribution in [0.4, 0.5) is 0 Å². The second-order valence-electron chi connectivity index (χ2n) is 3.66. The molecule has 0 fully saturated rings. The van der Waals surface area contributed by atoms with E-state index in [1.807, 2.05) is 12.3 Å². The first kappa shape index (κ1) is 10.7. The zero-order valence-electron chi connectivity index (χ0n) is 8.79. The Morgan fingerprint density at radius 2 is 2.14 bits per heavy atom. The average molecular weight is 187 g/mol. The van der Waals surface area contributed by atoms with Gasteiger partial charge in [-0.3, -0.25) is 4.98 Å². The highest BCUT2D eigenvalue weighted by Gasteiger charge is 1.98. The lowest BCUT2D eigenvalue weighted by Gasteiger charge is -2.04. The smallest absolute Gasteiger partial charge is 0.0342 e. The molecule has 14 heavy (non-hydrogen) atoms. The SMILES string of the molecule is C=C(C)CCCC(=C)c1cccnc1. The van der Waals surface area contributed by atoms with Gasteiger partial charge in [0.1, 0.15) is 0 Å². The van der Waals surface area contributed by atoms with E-state index in [1.165, 1.54) is 11.1 Å². The lowest BCUT2D eigenvalue weighted by Crippen LogP contribution is -1.85. The van der Waals surface area contributed by atoms with Crippen molar-refractivity contribution >= 4 is 5.57 Å². The average Bonchev–Trinajstić information content (AvgIpc) is 2.18. The van der Waals surface area contributed by atoms with Gasteiger partial charge in [-0.1, -0.05) is 18.2 Å². The summed E-state index contributed by atoms with van der Waals surface area (Å²) < 4.78 is 0. The minimum atomic E-state index is 1.03. The van der Waals surface area contributed by atoms with Crippen molar-refractivity contribution in [2.24, 2.45) is 0 Å². The van der Waals surface area contributed by atoms with E-state index in [-0.39, 0.29) is 0 Å². The second-order valence-corrected chi connectivity index (χ2v) is 3.66. The van der Waals surface area contributed by atoms with Crippen LogP contribution in [-0.4, -0.2) is 4.98 Å². The molecule has 0 aliphatic heterocycles. The van der Waals surface area contributed by atoms with Crippen LogP contribution in [0.25, 0.3) is 5.57 Å². The molecule has 0 bridgehead atoms. The van der Waals surface area contributed by atoms with Crippen LogP contribution in [0.15, 0.2) is 43.3 Å². The molecule has 0 unspecified atom stereocenters. The number of pyridine rings is 1. The molecule has 1 aromatic rings. The molecule has 0 N–H and O–H groups in total. The van der Waals surface area contributed by atoms with Crippen LogP contribution in [0.5, 0.6) is 0 Å². The molecule has 1 heterocycles. The summed E-state index contributed by atoms with van der Waals surface area (Å²) >= 11 is 0. The molecule has 0 radical (unpaired) electrons. The first-order valence-corrected chi connectivity index (χ1v) is 4.92. The molecule has 1 nitrogen and oxygen atoms in total. The van der Waals surface area contributed by atoms with E-state index >= 15 is 0 Å². The molecule has 74 valence electrons. The van der Waals surface area contributed by atoms with E-state index < -0.39 is 0 Å². The quantitative estimate of drug-likeness (QED) is 0.638. The highest BCUT2D eigenvalue weighted by molar-refractivity contribution is 5.62. The first-order chi connectivity index (χ1) is 6.70. The van der Waals surface area contributed by atoms with Crippen LogP contribution in [-0.2, 0) is 0 Å². The van der Waals surface area contributed by atoms with Crippen molar-refractivity contribution in [3.63, 3.8) is 0 Å². The third kappa shape index (κ3) is 3.56. The van der Waals surface area contributed by atoms with Gasteiger partial charge in [-0.2, -0.15) is 0 Å². The molecule has 0 spiro atoms. The molecule has 0 atom stereocenters. The van der Waals surface area contributed by atoms with Gasteiger partial charge in [0, 0.05) is 12.4 Å². The monoisotopic (exact) mass is 187 g/mol. The van der Waals surface area contributed by atoms with E-state index in [0.29, 0.717) is 0 Å². The minimum absolute atomic E-state index is 1.03. The summed E-state index contributed by atoms with van der Waals surface area (Å²) in [5, 5.41) is 0. The van der Waals surface area contributed by atoms with Crippen molar-refractivity contribution in [1.29, 1.82) is 0 Å². The van der Waals surface area contributed by atoms with E-state index in [4.69, 9.17) is 0 Å². The summed E-state index contributed by atoms with van der Waals surface area (Å²) in [5.41, 5.74) is 3.55. The predicted molar refractivity (Wildman–Crippen MR) is 61.9 cm³/mol. The largest absolute Gasteiger partial charge is 0.264 e. The van der Waals surface area contributed by atoms with Crippen LogP contribution < -0.4 is 0 Å². The molecule has 0 aliphatic carbocycles. The van der Waals surface area contributed by atoms with Gasteiger partial charge in [-0.25, -0.2) is 0 Å². The summed E-state index contributed by atoms with van der Waals surface area (Å²) in [7, 11) is 0. The van der Waals surface area contributed by atoms with Crippen LogP contribution in [0.3, 0.4) is 0 Å². The number of hydrogen-bond donors (Lipinski definition) is 0. The van der Waals surface area contributed by atoms with Gasteiger partial charge in [-0.15, -0.1) is 6.58 Å². The third-order valence-electron chi connectivity index (χ3n) is 2.15. The molecule has 1 heteroatoms.